The molecule has 0 aliphatic rings. The summed E-state index contributed by atoms with van der Waals surface area (Å²) >= 11 is 0. The number of aromatic nitrogens is 2. The monoisotopic (exact) mass is 302 g/mol. The van der Waals surface area contributed by atoms with Crippen LogP contribution >= 0.6 is 0 Å². The van der Waals surface area contributed by atoms with E-state index in [4.69, 9.17) is 5.11 Å². The summed E-state index contributed by atoms with van der Waals surface area (Å²) in [5, 5.41) is 12.5. The topological polar surface area (TPSA) is 89.3 Å². The molecule has 1 aromatic heterocycles. The van der Waals surface area contributed by atoms with Gasteiger partial charge in [-0.05, 0) is 24.3 Å². The number of sulfone groups is 1. The number of carbonyl (C=O) groups is 1. The second-order valence-corrected chi connectivity index (χ2v) is 5.70. The van der Waals surface area contributed by atoms with Gasteiger partial charge in [-0.15, -0.1) is 0 Å². The molecule has 0 fully saturated rings. The normalized spacial score (nSPS) is 11.8. The maximum absolute atomic E-state index is 12.3. The summed E-state index contributed by atoms with van der Waals surface area (Å²) in [7, 11) is -4.64. The Morgan fingerprint density at radius 2 is 1.85 bits per heavy atom. The zero-order chi connectivity index (χ0) is 14.9. The Balaban J connectivity index is 2.35. The van der Waals surface area contributed by atoms with Gasteiger partial charge in [0.05, 0.1) is 22.3 Å². The van der Waals surface area contributed by atoms with Crippen LogP contribution in [0.4, 0.5) is 8.78 Å². The molecule has 9 heteroatoms. The fraction of sp³-hybridized carbons (Fsp3) is 0.0909. The average Bonchev–Trinajstić information content (AvgIpc) is 2.88. The summed E-state index contributed by atoms with van der Waals surface area (Å²) < 4.78 is 48.3. The van der Waals surface area contributed by atoms with Gasteiger partial charge in [0.25, 0.3) is 0 Å². The molecule has 20 heavy (non-hydrogen) atoms. The predicted octanol–water partition coefficient (Wildman–Crippen LogP) is 1.57. The van der Waals surface area contributed by atoms with Gasteiger partial charge < -0.3 is 5.11 Å². The van der Waals surface area contributed by atoms with Crippen molar-refractivity contribution in [1.82, 2.24) is 9.78 Å². The lowest BCUT2D eigenvalue weighted by atomic mass is 10.3. The van der Waals surface area contributed by atoms with Crippen molar-refractivity contribution in [1.29, 1.82) is 0 Å². The highest BCUT2D eigenvalue weighted by Gasteiger charge is 2.26. The molecular formula is C11H8F2N2O4S. The Morgan fingerprint density at radius 1 is 1.25 bits per heavy atom. The number of hydrogen-bond donors (Lipinski definition) is 1. The van der Waals surface area contributed by atoms with Gasteiger partial charge in [-0.25, -0.2) is 17.9 Å². The number of carboxylic acids is 1. The third-order valence-corrected chi connectivity index (χ3v) is 3.89. The Morgan fingerprint density at radius 3 is 2.30 bits per heavy atom. The van der Waals surface area contributed by atoms with Crippen molar-refractivity contribution in [3.63, 3.8) is 0 Å². The van der Waals surface area contributed by atoms with E-state index < -0.39 is 26.5 Å². The number of benzene rings is 1. The fourth-order valence-electron chi connectivity index (χ4n) is 1.47. The second-order valence-electron chi connectivity index (χ2n) is 3.78. The first kappa shape index (κ1) is 14.1. The summed E-state index contributed by atoms with van der Waals surface area (Å²) in [5.74, 6) is -4.65. The summed E-state index contributed by atoms with van der Waals surface area (Å²) in [4.78, 5) is 10.2. The van der Waals surface area contributed by atoms with E-state index in [1.807, 2.05) is 0 Å². The van der Waals surface area contributed by atoms with Gasteiger partial charge in [0.2, 0.25) is 9.84 Å². The highest BCUT2D eigenvalue weighted by Crippen LogP contribution is 2.19. The number of aromatic carboxylic acids is 1. The van der Waals surface area contributed by atoms with Crippen molar-refractivity contribution in [2.24, 2.45) is 0 Å². The zero-order valence-corrected chi connectivity index (χ0v) is 10.6. The molecule has 2 aromatic rings. The fourth-order valence-corrected chi connectivity index (χ4v) is 2.19. The van der Waals surface area contributed by atoms with Gasteiger partial charge in [-0.2, -0.15) is 13.9 Å². The number of halogens is 2. The molecule has 0 amide bonds. The summed E-state index contributed by atoms with van der Waals surface area (Å²) in [6, 6.07) is 4.54. The first-order valence-corrected chi connectivity index (χ1v) is 6.77. The van der Waals surface area contributed by atoms with Crippen LogP contribution in [0.5, 0.6) is 0 Å². The van der Waals surface area contributed by atoms with E-state index in [1.54, 1.807) is 0 Å². The maximum Gasteiger partial charge on any atom is 0.341 e. The SMILES string of the molecule is O=C(O)c1cnn(-c2ccc(S(=O)(=O)C(F)F)cc2)c1. The molecule has 0 saturated heterocycles. The number of carboxylic acid groups (broad SMARTS) is 1. The molecule has 1 N–H and O–H groups in total. The summed E-state index contributed by atoms with van der Waals surface area (Å²) in [6.45, 7) is 0. The first-order chi connectivity index (χ1) is 9.32. The quantitative estimate of drug-likeness (QED) is 0.926. The largest absolute Gasteiger partial charge is 0.478 e. The highest BCUT2D eigenvalue weighted by molar-refractivity contribution is 7.91. The van der Waals surface area contributed by atoms with Crippen LogP contribution in [0.15, 0.2) is 41.6 Å². The lowest BCUT2D eigenvalue weighted by Crippen LogP contribution is -2.11. The number of nitrogens with zero attached hydrogens (tertiary/aromatic N) is 2. The van der Waals surface area contributed by atoms with E-state index in [1.165, 1.54) is 23.0 Å². The van der Waals surface area contributed by atoms with E-state index in [-0.39, 0.29) is 5.56 Å². The molecule has 0 spiro atoms. The van der Waals surface area contributed by atoms with Crippen molar-refractivity contribution in [2.75, 3.05) is 0 Å². The van der Waals surface area contributed by atoms with Gasteiger partial charge in [-0.3, -0.25) is 0 Å². The average molecular weight is 302 g/mol. The molecule has 0 atom stereocenters. The molecule has 106 valence electrons. The number of alkyl halides is 2. The minimum absolute atomic E-state index is 0.0470. The molecule has 0 aliphatic carbocycles. The molecular weight excluding hydrogens is 294 g/mol. The Kier molecular flexibility index (Phi) is 3.53. The van der Waals surface area contributed by atoms with Gasteiger partial charge in [0, 0.05) is 6.20 Å². The number of rotatable bonds is 4. The molecule has 0 saturated carbocycles. The highest BCUT2D eigenvalue weighted by atomic mass is 32.2. The van der Waals surface area contributed by atoms with E-state index in [2.05, 4.69) is 5.10 Å². The molecule has 0 radical (unpaired) electrons. The lowest BCUT2D eigenvalue weighted by molar-refractivity contribution is 0.0697. The van der Waals surface area contributed by atoms with Gasteiger partial charge in [-0.1, -0.05) is 0 Å². The van der Waals surface area contributed by atoms with Crippen molar-refractivity contribution in [2.45, 2.75) is 10.7 Å². The minimum Gasteiger partial charge on any atom is -0.478 e. The van der Waals surface area contributed by atoms with Crippen LogP contribution in [0, 0.1) is 0 Å². The van der Waals surface area contributed by atoms with Gasteiger partial charge >= 0.3 is 11.7 Å². The smallest absolute Gasteiger partial charge is 0.341 e. The van der Waals surface area contributed by atoms with Crippen molar-refractivity contribution < 1.29 is 27.1 Å². The predicted molar refractivity (Wildman–Crippen MR) is 63.7 cm³/mol. The Bertz CT molecular complexity index is 738. The van der Waals surface area contributed by atoms with Crippen LogP contribution in [0.3, 0.4) is 0 Å². The Labute approximate surface area is 112 Å². The van der Waals surface area contributed by atoms with Crippen LogP contribution in [0.1, 0.15) is 10.4 Å². The van der Waals surface area contributed by atoms with Crippen molar-refractivity contribution in [3.05, 3.63) is 42.2 Å². The van der Waals surface area contributed by atoms with Crippen LogP contribution in [0.2, 0.25) is 0 Å². The van der Waals surface area contributed by atoms with Crippen molar-refractivity contribution in [3.8, 4) is 5.69 Å². The standard InChI is InChI=1S/C11H8F2N2O4S/c12-11(13)20(18,19)9-3-1-8(2-4-9)15-6-7(5-14-15)10(16)17/h1-6,11H,(H,16,17). The molecule has 6 nitrogen and oxygen atoms in total. The van der Waals surface area contributed by atoms with Crippen LogP contribution < -0.4 is 0 Å². The second kappa shape index (κ2) is 5.00. The minimum atomic E-state index is -4.64. The maximum atomic E-state index is 12.3. The molecule has 1 heterocycles. The van der Waals surface area contributed by atoms with E-state index in [0.717, 1.165) is 18.3 Å². The molecule has 0 aliphatic heterocycles. The molecule has 0 unspecified atom stereocenters. The Hall–Kier alpha value is -2.29. The lowest BCUT2D eigenvalue weighted by Gasteiger charge is -2.05. The van der Waals surface area contributed by atoms with E-state index >= 15 is 0 Å². The molecule has 0 bridgehead atoms. The van der Waals surface area contributed by atoms with Gasteiger partial charge in [0.15, 0.2) is 0 Å². The number of hydrogen-bond acceptors (Lipinski definition) is 4. The van der Waals surface area contributed by atoms with E-state index in [9.17, 15) is 22.0 Å². The van der Waals surface area contributed by atoms with Crippen LogP contribution in [-0.4, -0.2) is 35.0 Å². The third kappa shape index (κ3) is 2.52. The van der Waals surface area contributed by atoms with Crippen LogP contribution in [-0.2, 0) is 9.84 Å². The van der Waals surface area contributed by atoms with Crippen LogP contribution in [0.25, 0.3) is 5.69 Å². The molecule has 1 aromatic carbocycles. The first-order valence-electron chi connectivity index (χ1n) is 5.23. The summed E-state index contributed by atoms with van der Waals surface area (Å²) in [5.41, 5.74) is 0.306. The third-order valence-electron chi connectivity index (χ3n) is 2.49. The molecule has 2 rings (SSSR count). The summed E-state index contributed by atoms with van der Waals surface area (Å²) in [6.07, 6.45) is 2.34. The van der Waals surface area contributed by atoms with E-state index in [0.29, 0.717) is 5.69 Å². The van der Waals surface area contributed by atoms with Crippen molar-refractivity contribution >= 4 is 15.8 Å². The zero-order valence-electron chi connectivity index (χ0n) is 9.77. The van der Waals surface area contributed by atoms with Gasteiger partial charge in [0.1, 0.15) is 0 Å².